The number of hydrogen-bond acceptors (Lipinski definition) is 4. The molecule has 0 unspecified atom stereocenters. The van der Waals surface area contributed by atoms with Crippen LogP contribution in [0.1, 0.15) is 33.6 Å². The molecule has 100 valence electrons. The maximum Gasteiger partial charge on any atom is 0.320 e. The van der Waals surface area contributed by atoms with Gasteiger partial charge in [0, 0.05) is 48.0 Å². The minimum atomic E-state index is -0.0990. The van der Waals surface area contributed by atoms with Crippen molar-refractivity contribution in [2.24, 2.45) is 0 Å². The lowest BCUT2D eigenvalue weighted by molar-refractivity contribution is -0.145. The van der Waals surface area contributed by atoms with E-state index in [0.717, 1.165) is 25.9 Å². The van der Waals surface area contributed by atoms with Gasteiger partial charge in [-0.1, -0.05) is 0 Å². The van der Waals surface area contributed by atoms with Crippen molar-refractivity contribution in [3.8, 4) is 0 Å². The van der Waals surface area contributed by atoms with Gasteiger partial charge in [-0.15, -0.1) is 0 Å². The van der Waals surface area contributed by atoms with Crippen LogP contribution in [0.3, 0.4) is 0 Å². The molecule has 0 atom stereocenters. The second-order valence-electron chi connectivity index (χ2n) is 4.71. The fraction of sp³-hybridized carbons (Fsp3) is 0.917. The Bertz CT molecular complexity index is 241. The van der Waals surface area contributed by atoms with Crippen molar-refractivity contribution in [3.05, 3.63) is 0 Å². The average Bonchev–Trinajstić information content (AvgIpc) is 2.27. The van der Waals surface area contributed by atoms with Gasteiger partial charge in [0.05, 0.1) is 13.2 Å². The van der Waals surface area contributed by atoms with E-state index in [1.165, 1.54) is 0 Å². The minimum absolute atomic E-state index is 0.0990. The summed E-state index contributed by atoms with van der Waals surface area (Å²) < 4.78 is 7.36. The molecule has 0 radical (unpaired) electrons. The van der Waals surface area contributed by atoms with Crippen molar-refractivity contribution in [2.75, 3.05) is 26.2 Å². The third-order valence-corrected chi connectivity index (χ3v) is 4.12. The van der Waals surface area contributed by atoms with Gasteiger partial charge in [-0.05, 0) is 33.6 Å². The fourth-order valence-corrected chi connectivity index (χ4v) is 2.81. The van der Waals surface area contributed by atoms with Crippen molar-refractivity contribution in [1.82, 2.24) is 8.01 Å². The Kier molecular flexibility index (Phi) is 6.72. The zero-order valence-corrected chi connectivity index (χ0v) is 13.1. The molecule has 0 spiro atoms. The zero-order valence-electron chi connectivity index (χ0n) is 11.0. The number of carbonyl (C=O) groups is 1. The third kappa shape index (κ3) is 5.09. The predicted octanol–water partition coefficient (Wildman–Crippen LogP) is 2.07. The van der Waals surface area contributed by atoms with Crippen molar-refractivity contribution >= 4 is 28.8 Å². The molecule has 1 fully saturated rings. The molecule has 0 N–H and O–H groups in total. The maximum absolute atomic E-state index is 11.6. The van der Waals surface area contributed by atoms with Crippen LogP contribution in [-0.4, -0.2) is 52.3 Å². The zero-order chi connectivity index (χ0) is 12.8. The van der Waals surface area contributed by atoms with Gasteiger partial charge < -0.3 is 4.74 Å². The van der Waals surface area contributed by atoms with Gasteiger partial charge in [-0.3, -0.25) is 9.69 Å². The van der Waals surface area contributed by atoms with Crippen LogP contribution in [0, 0.1) is 0 Å². The number of ether oxygens (including phenoxy) is 1. The number of carbonyl (C=O) groups excluding carboxylic acids is 1. The molecule has 1 aliphatic heterocycles. The van der Waals surface area contributed by atoms with Gasteiger partial charge >= 0.3 is 5.97 Å². The molecular weight excluding hydrogens is 331 g/mol. The SMILES string of the molecule is CCOC(=O)CN(C(C)C)C1CCN(I)CC1. The van der Waals surface area contributed by atoms with Gasteiger partial charge in [-0.2, -0.15) is 0 Å². The number of piperidine rings is 1. The first-order valence-corrected chi connectivity index (χ1v) is 7.33. The Balaban J connectivity index is 2.50. The topological polar surface area (TPSA) is 32.8 Å². The lowest BCUT2D eigenvalue weighted by atomic mass is 10.0. The number of rotatable bonds is 5. The molecule has 1 aliphatic rings. The lowest BCUT2D eigenvalue weighted by Gasteiger charge is -2.38. The Morgan fingerprint density at radius 1 is 1.47 bits per heavy atom. The van der Waals surface area contributed by atoms with Crippen LogP contribution in [0.5, 0.6) is 0 Å². The van der Waals surface area contributed by atoms with Crippen molar-refractivity contribution in [2.45, 2.75) is 45.7 Å². The van der Waals surface area contributed by atoms with Crippen LogP contribution in [0.15, 0.2) is 0 Å². The highest BCUT2D eigenvalue weighted by Crippen LogP contribution is 2.20. The second-order valence-corrected chi connectivity index (χ2v) is 6.08. The summed E-state index contributed by atoms with van der Waals surface area (Å²) in [4.78, 5) is 13.9. The predicted molar refractivity (Wildman–Crippen MR) is 77.1 cm³/mol. The van der Waals surface area contributed by atoms with E-state index in [-0.39, 0.29) is 5.97 Å². The summed E-state index contributed by atoms with van der Waals surface area (Å²) in [6.07, 6.45) is 2.28. The first-order chi connectivity index (χ1) is 8.04. The quantitative estimate of drug-likeness (QED) is 0.430. The molecule has 0 amide bonds. The van der Waals surface area contributed by atoms with Crippen LogP contribution < -0.4 is 0 Å². The molecule has 0 aromatic heterocycles. The molecule has 1 heterocycles. The van der Waals surface area contributed by atoms with E-state index in [9.17, 15) is 4.79 Å². The Morgan fingerprint density at radius 2 is 2.06 bits per heavy atom. The van der Waals surface area contributed by atoms with E-state index in [1.807, 2.05) is 6.92 Å². The summed E-state index contributed by atoms with van der Waals surface area (Å²) in [7, 11) is 0. The molecule has 4 nitrogen and oxygen atoms in total. The summed E-state index contributed by atoms with van der Waals surface area (Å²) >= 11 is 2.37. The van der Waals surface area contributed by atoms with E-state index < -0.39 is 0 Å². The van der Waals surface area contributed by atoms with Gasteiger partial charge in [0.15, 0.2) is 0 Å². The average molecular weight is 354 g/mol. The highest BCUT2D eigenvalue weighted by Gasteiger charge is 2.27. The second kappa shape index (κ2) is 7.53. The van der Waals surface area contributed by atoms with Gasteiger partial charge in [0.25, 0.3) is 0 Å². The summed E-state index contributed by atoms with van der Waals surface area (Å²) in [6, 6.07) is 0.913. The van der Waals surface area contributed by atoms with Gasteiger partial charge in [0.1, 0.15) is 0 Å². The minimum Gasteiger partial charge on any atom is -0.465 e. The summed E-state index contributed by atoms with van der Waals surface area (Å²) in [5, 5.41) is 0. The molecule has 0 aromatic carbocycles. The van der Waals surface area contributed by atoms with Crippen molar-refractivity contribution in [3.63, 3.8) is 0 Å². The van der Waals surface area contributed by atoms with Crippen LogP contribution in [-0.2, 0) is 9.53 Å². The lowest BCUT2D eigenvalue weighted by Crippen LogP contribution is -2.48. The molecule has 17 heavy (non-hydrogen) atoms. The van der Waals surface area contributed by atoms with Crippen LogP contribution in [0.4, 0.5) is 0 Å². The van der Waals surface area contributed by atoms with Crippen LogP contribution in [0.25, 0.3) is 0 Å². The normalized spacial score (nSPS) is 18.9. The van der Waals surface area contributed by atoms with Crippen LogP contribution >= 0.6 is 22.9 Å². The fourth-order valence-electron chi connectivity index (χ4n) is 2.26. The van der Waals surface area contributed by atoms with E-state index in [2.05, 4.69) is 44.7 Å². The Labute approximate surface area is 118 Å². The standard InChI is InChI=1S/C12H23IN2O2/c1-4-17-12(16)9-15(10(2)3)11-5-7-14(13)8-6-11/h10-11H,4-9H2,1-3H3. The summed E-state index contributed by atoms with van der Waals surface area (Å²) in [5.41, 5.74) is 0. The third-order valence-electron chi connectivity index (χ3n) is 3.16. The monoisotopic (exact) mass is 354 g/mol. The molecule has 1 saturated heterocycles. The van der Waals surface area contributed by atoms with Gasteiger partial charge in [-0.25, -0.2) is 3.11 Å². The number of halogens is 1. The maximum atomic E-state index is 11.6. The van der Waals surface area contributed by atoms with Crippen LogP contribution in [0.2, 0.25) is 0 Å². The van der Waals surface area contributed by atoms with E-state index in [4.69, 9.17) is 4.74 Å². The number of nitrogens with zero attached hydrogens (tertiary/aromatic N) is 2. The molecule has 0 saturated carbocycles. The molecule has 0 aliphatic carbocycles. The van der Waals surface area contributed by atoms with Crippen molar-refractivity contribution < 1.29 is 9.53 Å². The number of hydrogen-bond donors (Lipinski definition) is 0. The summed E-state index contributed by atoms with van der Waals surface area (Å²) in [5.74, 6) is -0.0990. The molecule has 5 heteroatoms. The highest BCUT2D eigenvalue weighted by molar-refractivity contribution is 14.1. The molecule has 1 rings (SSSR count). The number of esters is 1. The summed E-state index contributed by atoms with van der Waals surface area (Å²) in [6.45, 7) is 9.26. The Morgan fingerprint density at radius 3 is 2.53 bits per heavy atom. The van der Waals surface area contributed by atoms with E-state index in [0.29, 0.717) is 25.2 Å². The smallest absolute Gasteiger partial charge is 0.320 e. The molecular formula is C12H23IN2O2. The first-order valence-electron chi connectivity index (χ1n) is 6.36. The first kappa shape index (κ1) is 15.2. The Hall–Kier alpha value is 0.120. The molecule has 0 aromatic rings. The van der Waals surface area contributed by atoms with Gasteiger partial charge in [0.2, 0.25) is 0 Å². The van der Waals surface area contributed by atoms with Crippen molar-refractivity contribution in [1.29, 1.82) is 0 Å². The highest BCUT2D eigenvalue weighted by atomic mass is 127. The van der Waals surface area contributed by atoms with E-state index in [1.54, 1.807) is 0 Å². The van der Waals surface area contributed by atoms with E-state index >= 15 is 0 Å². The largest absolute Gasteiger partial charge is 0.465 e. The molecule has 0 bridgehead atoms.